The van der Waals surface area contributed by atoms with E-state index in [1.54, 1.807) is 11.3 Å². The highest BCUT2D eigenvalue weighted by Crippen LogP contribution is 2.41. The van der Waals surface area contributed by atoms with Crippen molar-refractivity contribution in [3.8, 4) is 11.3 Å². The molecule has 1 aliphatic heterocycles. The number of nitrogens with one attached hydrogen (secondary N) is 2. The number of nitrogens with zero attached hydrogens (tertiary/aromatic N) is 3. The molecule has 1 saturated heterocycles. The largest absolute Gasteiger partial charge is 0.336 e. The lowest BCUT2D eigenvalue weighted by molar-refractivity contribution is 0.198. The van der Waals surface area contributed by atoms with Gasteiger partial charge in [-0.25, -0.2) is 14.5 Å². The van der Waals surface area contributed by atoms with Crippen LogP contribution < -0.4 is 10.6 Å². The molecule has 4 amide bonds. The number of imide groups is 1. The van der Waals surface area contributed by atoms with Gasteiger partial charge in [0.15, 0.2) is 0 Å². The molecule has 7 nitrogen and oxygen atoms in total. The first kappa shape index (κ1) is 15.2. The van der Waals surface area contributed by atoms with Crippen LogP contribution in [0.5, 0.6) is 0 Å². The van der Waals surface area contributed by atoms with E-state index in [2.05, 4.69) is 28.1 Å². The van der Waals surface area contributed by atoms with E-state index in [1.807, 2.05) is 10.1 Å². The summed E-state index contributed by atoms with van der Waals surface area (Å²) < 4.78 is 2.00. The molecular formula is C16H19N5O2S. The molecule has 1 saturated carbocycles. The van der Waals surface area contributed by atoms with Crippen molar-refractivity contribution < 1.29 is 9.59 Å². The molecule has 2 fully saturated rings. The van der Waals surface area contributed by atoms with Crippen molar-refractivity contribution in [1.82, 2.24) is 25.3 Å². The van der Waals surface area contributed by atoms with Crippen molar-refractivity contribution in [2.75, 3.05) is 19.6 Å². The average Bonchev–Trinajstić information content (AvgIpc) is 2.99. The van der Waals surface area contributed by atoms with Crippen molar-refractivity contribution in [3.63, 3.8) is 0 Å². The molecule has 2 aliphatic rings. The zero-order valence-corrected chi connectivity index (χ0v) is 14.0. The number of rotatable bonds is 5. The van der Waals surface area contributed by atoms with E-state index >= 15 is 0 Å². The Labute approximate surface area is 143 Å². The Balaban J connectivity index is 1.40. The molecule has 0 unspecified atom stereocenters. The first-order chi connectivity index (χ1) is 11.7. The molecule has 4 rings (SSSR count). The second-order valence-electron chi connectivity index (χ2n) is 6.08. The normalized spacial score (nSPS) is 17.2. The summed E-state index contributed by atoms with van der Waals surface area (Å²) in [6, 6.07) is 3.56. The maximum Gasteiger partial charge on any atom is 0.325 e. The van der Waals surface area contributed by atoms with E-state index in [1.165, 1.54) is 23.4 Å². The van der Waals surface area contributed by atoms with Crippen molar-refractivity contribution in [1.29, 1.82) is 0 Å². The predicted molar refractivity (Wildman–Crippen MR) is 91.0 cm³/mol. The minimum atomic E-state index is -0.344. The summed E-state index contributed by atoms with van der Waals surface area (Å²) in [4.78, 5) is 24.7. The molecule has 2 N–H and O–H groups in total. The molecule has 0 atom stereocenters. The van der Waals surface area contributed by atoms with E-state index in [-0.39, 0.29) is 12.1 Å². The lowest BCUT2D eigenvalue weighted by Gasteiger charge is -2.14. The Morgan fingerprint density at radius 1 is 1.46 bits per heavy atom. The van der Waals surface area contributed by atoms with Gasteiger partial charge >= 0.3 is 12.1 Å². The van der Waals surface area contributed by atoms with Gasteiger partial charge in [0.2, 0.25) is 0 Å². The summed E-state index contributed by atoms with van der Waals surface area (Å²) in [6.45, 7) is 1.99. The third-order valence-electron chi connectivity index (χ3n) is 4.33. The molecule has 0 radical (unpaired) electrons. The van der Waals surface area contributed by atoms with Crippen molar-refractivity contribution in [2.45, 2.75) is 25.3 Å². The second kappa shape index (κ2) is 6.27. The lowest BCUT2D eigenvalue weighted by atomic mass is 10.2. The van der Waals surface area contributed by atoms with Gasteiger partial charge in [0, 0.05) is 42.2 Å². The van der Waals surface area contributed by atoms with Gasteiger partial charge in [0.1, 0.15) is 0 Å². The summed E-state index contributed by atoms with van der Waals surface area (Å²) in [5, 5.41) is 14.3. The first-order valence-electron chi connectivity index (χ1n) is 8.16. The Kier molecular flexibility index (Phi) is 3.97. The van der Waals surface area contributed by atoms with Gasteiger partial charge in [-0.15, -0.1) is 0 Å². The van der Waals surface area contributed by atoms with Gasteiger partial charge in [-0.3, -0.25) is 4.68 Å². The summed E-state index contributed by atoms with van der Waals surface area (Å²) >= 11 is 1.66. The van der Waals surface area contributed by atoms with Gasteiger partial charge in [-0.2, -0.15) is 16.4 Å². The van der Waals surface area contributed by atoms with Crippen LogP contribution in [0, 0.1) is 0 Å². The van der Waals surface area contributed by atoms with Crippen LogP contribution in [-0.2, 0) is 6.54 Å². The van der Waals surface area contributed by atoms with Crippen LogP contribution in [0.1, 0.15) is 24.5 Å². The van der Waals surface area contributed by atoms with Crippen LogP contribution in [0.4, 0.5) is 9.59 Å². The Bertz CT molecular complexity index is 751. The number of thiophene rings is 1. The molecule has 0 spiro atoms. The molecule has 0 aromatic carbocycles. The molecule has 2 aromatic rings. The number of amides is 4. The van der Waals surface area contributed by atoms with Crippen molar-refractivity contribution >= 4 is 23.4 Å². The van der Waals surface area contributed by atoms with Gasteiger partial charge in [-0.05, 0) is 30.4 Å². The van der Waals surface area contributed by atoms with E-state index in [9.17, 15) is 9.59 Å². The summed E-state index contributed by atoms with van der Waals surface area (Å²) in [5.41, 5.74) is 3.37. The van der Waals surface area contributed by atoms with Crippen LogP contribution in [-0.4, -0.2) is 46.4 Å². The fraction of sp³-hybridized carbons (Fsp3) is 0.438. The molecule has 1 aliphatic carbocycles. The number of hydrogen-bond donors (Lipinski definition) is 2. The van der Waals surface area contributed by atoms with Gasteiger partial charge in [0.25, 0.3) is 0 Å². The zero-order chi connectivity index (χ0) is 16.5. The maximum atomic E-state index is 12.0. The quantitative estimate of drug-likeness (QED) is 0.872. The maximum absolute atomic E-state index is 12.0. The number of aromatic nitrogens is 2. The standard InChI is InChI=1S/C16H19N5O2S/c22-15-17-4-6-20(15)16(23)18-5-7-21-14(11-1-2-11)9-13(19-21)12-3-8-24-10-12/h3,8-11H,1-2,4-7H2,(H,17,22)(H,18,23). The van der Waals surface area contributed by atoms with E-state index in [0.29, 0.717) is 32.1 Å². The topological polar surface area (TPSA) is 79.3 Å². The SMILES string of the molecule is O=C1NCCN1C(=O)NCCn1nc(-c2ccsc2)cc1C1CC1. The van der Waals surface area contributed by atoms with E-state index in [0.717, 1.165) is 11.3 Å². The van der Waals surface area contributed by atoms with E-state index < -0.39 is 0 Å². The van der Waals surface area contributed by atoms with Gasteiger partial charge in [-0.1, -0.05) is 0 Å². The fourth-order valence-corrected chi connectivity index (χ4v) is 3.55. The average molecular weight is 345 g/mol. The molecule has 8 heteroatoms. The minimum Gasteiger partial charge on any atom is -0.336 e. The van der Waals surface area contributed by atoms with Crippen LogP contribution >= 0.6 is 11.3 Å². The van der Waals surface area contributed by atoms with E-state index in [4.69, 9.17) is 5.10 Å². The zero-order valence-electron chi connectivity index (χ0n) is 13.2. The number of hydrogen-bond acceptors (Lipinski definition) is 4. The van der Waals surface area contributed by atoms with Crippen LogP contribution in [0.15, 0.2) is 22.9 Å². The van der Waals surface area contributed by atoms with Gasteiger partial charge in [0.05, 0.1) is 12.2 Å². The number of urea groups is 2. The third-order valence-corrected chi connectivity index (χ3v) is 5.01. The molecule has 3 heterocycles. The van der Waals surface area contributed by atoms with Crippen molar-refractivity contribution in [2.24, 2.45) is 0 Å². The Hall–Kier alpha value is -2.35. The smallest absolute Gasteiger partial charge is 0.325 e. The van der Waals surface area contributed by atoms with Crippen LogP contribution in [0.3, 0.4) is 0 Å². The summed E-state index contributed by atoms with van der Waals surface area (Å²) in [6.07, 6.45) is 2.41. The molecule has 0 bridgehead atoms. The molecule has 126 valence electrons. The third kappa shape index (κ3) is 3.01. The van der Waals surface area contributed by atoms with Crippen molar-refractivity contribution in [3.05, 3.63) is 28.6 Å². The molecule has 24 heavy (non-hydrogen) atoms. The number of carbonyl (C=O) groups is 2. The second-order valence-corrected chi connectivity index (χ2v) is 6.86. The highest BCUT2D eigenvalue weighted by atomic mass is 32.1. The summed E-state index contributed by atoms with van der Waals surface area (Å²) in [7, 11) is 0. The fourth-order valence-electron chi connectivity index (χ4n) is 2.90. The first-order valence-corrected chi connectivity index (χ1v) is 9.10. The lowest BCUT2D eigenvalue weighted by Crippen LogP contribution is -2.42. The highest BCUT2D eigenvalue weighted by molar-refractivity contribution is 7.08. The Morgan fingerprint density at radius 2 is 2.33 bits per heavy atom. The highest BCUT2D eigenvalue weighted by Gasteiger charge is 2.29. The molecule has 2 aromatic heterocycles. The number of carbonyl (C=O) groups excluding carboxylic acids is 2. The molecular weight excluding hydrogens is 326 g/mol. The predicted octanol–water partition coefficient (Wildman–Crippen LogP) is 2.22. The van der Waals surface area contributed by atoms with Crippen LogP contribution in [0.25, 0.3) is 11.3 Å². The minimum absolute atomic E-state index is 0.329. The Morgan fingerprint density at radius 3 is 3.00 bits per heavy atom. The monoisotopic (exact) mass is 345 g/mol. The summed E-state index contributed by atoms with van der Waals surface area (Å²) in [5.74, 6) is 0.588. The van der Waals surface area contributed by atoms with Crippen LogP contribution in [0.2, 0.25) is 0 Å². The van der Waals surface area contributed by atoms with Gasteiger partial charge < -0.3 is 10.6 Å².